The van der Waals surface area contributed by atoms with Crippen LogP contribution >= 0.6 is 23.2 Å². The predicted molar refractivity (Wildman–Crippen MR) is 119 cm³/mol. The maximum Gasteiger partial charge on any atom is 0.299 e. The summed E-state index contributed by atoms with van der Waals surface area (Å²) in [6, 6.07) is 16.5. The van der Waals surface area contributed by atoms with E-state index in [0.29, 0.717) is 32.7 Å². The first kappa shape index (κ1) is 20.9. The van der Waals surface area contributed by atoms with E-state index in [4.69, 9.17) is 27.9 Å². The smallest absolute Gasteiger partial charge is 0.299 e. The second-order valence-corrected chi connectivity index (χ2v) is 7.70. The number of amides is 2. The number of ketones is 1. The number of carbonyl (C=O) groups excluding carboxylic acids is 3. The summed E-state index contributed by atoms with van der Waals surface area (Å²) in [7, 11) is 1.54. The fourth-order valence-electron chi connectivity index (χ4n) is 3.30. The van der Waals surface area contributed by atoms with Gasteiger partial charge in [-0.15, -0.1) is 0 Å². The van der Waals surface area contributed by atoms with Crippen molar-refractivity contribution in [1.82, 2.24) is 0 Å². The molecule has 0 saturated heterocycles. The lowest BCUT2D eigenvalue weighted by Crippen LogP contribution is -2.29. The molecule has 1 heterocycles. The zero-order valence-electron chi connectivity index (χ0n) is 16.3. The molecule has 0 aromatic heterocycles. The molecule has 1 N–H and O–H groups in total. The summed E-state index contributed by atoms with van der Waals surface area (Å²) >= 11 is 12.0. The molecule has 156 valence electrons. The fraction of sp³-hybridized carbons (Fsp3) is 0.0870. The first-order chi connectivity index (χ1) is 14.9. The molecule has 0 bridgehead atoms. The second kappa shape index (κ2) is 8.41. The van der Waals surface area contributed by atoms with E-state index < -0.39 is 11.7 Å². The average molecular weight is 455 g/mol. The Balaban J connectivity index is 1.56. The predicted octanol–water partition coefficient (Wildman–Crippen LogP) is 4.98. The monoisotopic (exact) mass is 454 g/mol. The van der Waals surface area contributed by atoms with Gasteiger partial charge < -0.3 is 15.0 Å². The normalized spacial score (nSPS) is 12.7. The standard InChI is InChI=1S/C23H16Cl2N2O4/c1-31-16-6-3-14(4-7-16)22(29)26-15-5-9-20-17(11-15)21(28)23(30)27(20)12-13-2-8-18(24)19(25)10-13/h2-11H,12H2,1H3,(H,26,29). The lowest BCUT2D eigenvalue weighted by atomic mass is 10.1. The Morgan fingerprint density at radius 1 is 0.968 bits per heavy atom. The lowest BCUT2D eigenvalue weighted by Gasteiger charge is -2.17. The number of nitrogens with one attached hydrogen (secondary N) is 1. The number of benzene rings is 3. The second-order valence-electron chi connectivity index (χ2n) is 6.88. The van der Waals surface area contributed by atoms with Gasteiger partial charge in [-0.3, -0.25) is 14.4 Å². The van der Waals surface area contributed by atoms with Crippen LogP contribution in [0.2, 0.25) is 10.0 Å². The number of Topliss-reactive ketones (excluding diaryl/α,β-unsaturated/α-hetero) is 1. The molecule has 1 aliphatic rings. The summed E-state index contributed by atoms with van der Waals surface area (Å²) < 4.78 is 5.08. The first-order valence-corrected chi connectivity index (χ1v) is 10.0. The van der Waals surface area contributed by atoms with Crippen LogP contribution < -0.4 is 15.0 Å². The van der Waals surface area contributed by atoms with Gasteiger partial charge in [-0.25, -0.2) is 0 Å². The van der Waals surface area contributed by atoms with Crippen molar-refractivity contribution in [2.45, 2.75) is 6.54 Å². The highest BCUT2D eigenvalue weighted by molar-refractivity contribution is 6.52. The van der Waals surface area contributed by atoms with E-state index in [1.165, 1.54) is 11.0 Å². The highest BCUT2D eigenvalue weighted by Crippen LogP contribution is 2.33. The van der Waals surface area contributed by atoms with E-state index in [1.807, 2.05) is 0 Å². The first-order valence-electron chi connectivity index (χ1n) is 9.27. The summed E-state index contributed by atoms with van der Waals surface area (Å²) in [5, 5.41) is 3.52. The number of hydrogen-bond acceptors (Lipinski definition) is 4. The quantitative estimate of drug-likeness (QED) is 0.551. The van der Waals surface area contributed by atoms with Gasteiger partial charge in [0, 0.05) is 11.3 Å². The Hall–Kier alpha value is -3.35. The zero-order chi connectivity index (χ0) is 22.1. The van der Waals surface area contributed by atoms with Crippen LogP contribution in [0.5, 0.6) is 5.75 Å². The van der Waals surface area contributed by atoms with Crippen LogP contribution in [-0.2, 0) is 11.3 Å². The molecule has 0 fully saturated rings. The van der Waals surface area contributed by atoms with E-state index in [-0.39, 0.29) is 18.0 Å². The van der Waals surface area contributed by atoms with Gasteiger partial charge in [0.15, 0.2) is 0 Å². The van der Waals surface area contributed by atoms with Crippen molar-refractivity contribution >= 4 is 52.2 Å². The van der Waals surface area contributed by atoms with E-state index in [9.17, 15) is 14.4 Å². The number of halogens is 2. The van der Waals surface area contributed by atoms with Crippen LogP contribution in [0.3, 0.4) is 0 Å². The van der Waals surface area contributed by atoms with Gasteiger partial charge in [0.2, 0.25) is 0 Å². The molecule has 0 aliphatic carbocycles. The highest BCUT2D eigenvalue weighted by Gasteiger charge is 2.36. The van der Waals surface area contributed by atoms with E-state index in [1.54, 1.807) is 61.7 Å². The van der Waals surface area contributed by atoms with Crippen LogP contribution in [0.1, 0.15) is 26.3 Å². The van der Waals surface area contributed by atoms with Crippen molar-refractivity contribution in [2.24, 2.45) is 0 Å². The molecule has 1 aliphatic heterocycles. The SMILES string of the molecule is COc1ccc(C(=O)Nc2ccc3c(c2)C(=O)C(=O)N3Cc2ccc(Cl)c(Cl)c2)cc1. The average Bonchev–Trinajstić information content (AvgIpc) is 3.01. The fourth-order valence-corrected chi connectivity index (χ4v) is 3.62. The molecule has 8 heteroatoms. The van der Waals surface area contributed by atoms with Gasteiger partial charge in [-0.05, 0) is 60.2 Å². The third-order valence-corrected chi connectivity index (χ3v) is 5.65. The van der Waals surface area contributed by atoms with Gasteiger partial charge in [0.25, 0.3) is 17.6 Å². The number of hydrogen-bond donors (Lipinski definition) is 1. The molecule has 0 radical (unpaired) electrons. The minimum absolute atomic E-state index is 0.173. The van der Waals surface area contributed by atoms with Crippen molar-refractivity contribution in [3.05, 3.63) is 87.4 Å². The number of carbonyl (C=O) groups is 3. The molecule has 0 saturated carbocycles. The van der Waals surface area contributed by atoms with E-state index in [0.717, 1.165) is 5.56 Å². The Kier molecular flexibility index (Phi) is 5.67. The maximum absolute atomic E-state index is 12.6. The van der Waals surface area contributed by atoms with Crippen LogP contribution in [0.4, 0.5) is 11.4 Å². The van der Waals surface area contributed by atoms with Gasteiger partial charge in [0.05, 0.1) is 35.0 Å². The highest BCUT2D eigenvalue weighted by atomic mass is 35.5. The van der Waals surface area contributed by atoms with Crippen molar-refractivity contribution < 1.29 is 19.1 Å². The Morgan fingerprint density at radius 3 is 2.39 bits per heavy atom. The number of rotatable bonds is 5. The molecule has 0 spiro atoms. The van der Waals surface area contributed by atoms with Gasteiger partial charge >= 0.3 is 0 Å². The third kappa shape index (κ3) is 4.13. The number of methoxy groups -OCH3 is 1. The number of anilines is 2. The van der Waals surface area contributed by atoms with Crippen molar-refractivity contribution in [2.75, 3.05) is 17.3 Å². The summed E-state index contributed by atoms with van der Waals surface area (Å²) in [5.74, 6) is -0.970. The van der Waals surface area contributed by atoms with Crippen LogP contribution in [0.25, 0.3) is 0 Å². The molecule has 4 rings (SSSR count). The summed E-state index contributed by atoms with van der Waals surface area (Å²) in [4.78, 5) is 39.0. The Labute approximate surface area is 188 Å². The van der Waals surface area contributed by atoms with Crippen molar-refractivity contribution in [3.63, 3.8) is 0 Å². The summed E-state index contributed by atoms with van der Waals surface area (Å²) in [6.45, 7) is 0.173. The van der Waals surface area contributed by atoms with E-state index >= 15 is 0 Å². The van der Waals surface area contributed by atoms with Crippen LogP contribution in [0.15, 0.2) is 60.7 Å². The molecular formula is C23H16Cl2N2O4. The summed E-state index contributed by atoms with van der Waals surface area (Å²) in [6.07, 6.45) is 0. The largest absolute Gasteiger partial charge is 0.497 e. The molecule has 3 aromatic rings. The molecule has 3 aromatic carbocycles. The number of fused-ring (bicyclic) bond motifs is 1. The molecule has 31 heavy (non-hydrogen) atoms. The minimum Gasteiger partial charge on any atom is -0.497 e. The van der Waals surface area contributed by atoms with Crippen molar-refractivity contribution in [1.29, 1.82) is 0 Å². The van der Waals surface area contributed by atoms with Gasteiger partial charge in [0.1, 0.15) is 5.75 Å². The Morgan fingerprint density at radius 2 is 1.71 bits per heavy atom. The Bertz CT molecular complexity index is 1210. The molecule has 2 amide bonds. The maximum atomic E-state index is 12.6. The van der Waals surface area contributed by atoms with Gasteiger partial charge in [-0.1, -0.05) is 29.3 Å². The minimum atomic E-state index is -0.639. The third-order valence-electron chi connectivity index (χ3n) is 4.91. The topological polar surface area (TPSA) is 75.7 Å². The van der Waals surface area contributed by atoms with Gasteiger partial charge in [-0.2, -0.15) is 0 Å². The van der Waals surface area contributed by atoms with Crippen molar-refractivity contribution in [3.8, 4) is 5.75 Å². The number of ether oxygens (including phenoxy) is 1. The number of nitrogens with zero attached hydrogens (tertiary/aromatic N) is 1. The summed E-state index contributed by atoms with van der Waals surface area (Å²) in [5.41, 5.74) is 2.29. The molecule has 6 nitrogen and oxygen atoms in total. The lowest BCUT2D eigenvalue weighted by molar-refractivity contribution is -0.114. The van der Waals surface area contributed by atoms with Crippen LogP contribution in [0, 0.1) is 0 Å². The van der Waals surface area contributed by atoms with Crippen LogP contribution in [-0.4, -0.2) is 24.7 Å². The molecule has 0 unspecified atom stereocenters. The zero-order valence-corrected chi connectivity index (χ0v) is 17.8. The molecular weight excluding hydrogens is 439 g/mol. The van der Waals surface area contributed by atoms with E-state index in [2.05, 4.69) is 5.32 Å². The molecule has 0 atom stereocenters.